The Hall–Kier alpha value is -0.490. The fourth-order valence-corrected chi connectivity index (χ4v) is 2.86. The van der Waals surface area contributed by atoms with Gasteiger partial charge >= 0.3 is 0 Å². The van der Waals surface area contributed by atoms with Crippen LogP contribution in [0.5, 0.6) is 0 Å². The van der Waals surface area contributed by atoms with Crippen LogP contribution in [0.15, 0.2) is 22.7 Å². The van der Waals surface area contributed by atoms with Crippen molar-refractivity contribution in [2.45, 2.75) is 25.4 Å². The first-order valence-electron chi connectivity index (χ1n) is 6.65. The number of ether oxygens (including phenoxy) is 1. The van der Waals surface area contributed by atoms with Crippen molar-refractivity contribution in [2.24, 2.45) is 5.73 Å². The van der Waals surface area contributed by atoms with Gasteiger partial charge in [-0.05, 0) is 40.0 Å². The average molecular weight is 331 g/mol. The molecular formula is C14H20BrFN2O. The van der Waals surface area contributed by atoms with E-state index in [0.29, 0.717) is 23.7 Å². The molecule has 1 aliphatic rings. The van der Waals surface area contributed by atoms with Crippen molar-refractivity contribution in [3.8, 4) is 0 Å². The molecule has 0 bridgehead atoms. The lowest BCUT2D eigenvalue weighted by Crippen LogP contribution is -2.48. The minimum Gasteiger partial charge on any atom is -0.378 e. The van der Waals surface area contributed by atoms with E-state index in [1.165, 1.54) is 0 Å². The third-order valence-corrected chi connectivity index (χ3v) is 4.34. The summed E-state index contributed by atoms with van der Waals surface area (Å²) in [4.78, 5) is 2.34. The first-order chi connectivity index (χ1) is 9.17. The molecule has 1 saturated heterocycles. The van der Waals surface area contributed by atoms with Gasteiger partial charge in [-0.25, -0.2) is 4.39 Å². The fourth-order valence-electron chi connectivity index (χ4n) is 2.61. The molecule has 19 heavy (non-hydrogen) atoms. The Morgan fingerprint density at radius 2 is 2.37 bits per heavy atom. The lowest BCUT2D eigenvalue weighted by Gasteiger charge is -2.40. The van der Waals surface area contributed by atoms with Gasteiger partial charge in [-0.3, -0.25) is 4.90 Å². The van der Waals surface area contributed by atoms with Crippen molar-refractivity contribution in [2.75, 3.05) is 26.3 Å². The van der Waals surface area contributed by atoms with E-state index >= 15 is 0 Å². The maximum absolute atomic E-state index is 13.7. The zero-order chi connectivity index (χ0) is 13.8. The number of morpholine rings is 1. The zero-order valence-corrected chi connectivity index (χ0v) is 12.7. The number of nitrogens with two attached hydrogens (primary N) is 1. The van der Waals surface area contributed by atoms with Crippen LogP contribution < -0.4 is 5.73 Å². The maximum atomic E-state index is 13.7. The van der Waals surface area contributed by atoms with Crippen molar-refractivity contribution in [3.05, 3.63) is 34.1 Å². The Bertz CT molecular complexity index is 430. The third-order valence-electron chi connectivity index (χ3n) is 3.70. The quantitative estimate of drug-likeness (QED) is 0.922. The Morgan fingerprint density at radius 3 is 3.00 bits per heavy atom. The second-order valence-corrected chi connectivity index (χ2v) is 5.65. The van der Waals surface area contributed by atoms with Crippen molar-refractivity contribution >= 4 is 15.9 Å². The maximum Gasteiger partial charge on any atom is 0.137 e. The molecule has 2 N–H and O–H groups in total. The highest BCUT2D eigenvalue weighted by Gasteiger charge is 2.28. The standard InChI is InChI=1S/C14H20BrFN2O/c1-2-11-9-19-6-5-18(11)14(8-17)10-3-4-12(15)13(16)7-10/h3-4,7,11,14H,2,5-6,8-9,17H2,1H3. The van der Waals surface area contributed by atoms with Crippen LogP contribution in [0.4, 0.5) is 4.39 Å². The van der Waals surface area contributed by atoms with Crippen LogP contribution in [0.3, 0.4) is 0 Å². The van der Waals surface area contributed by atoms with Gasteiger partial charge in [0.2, 0.25) is 0 Å². The van der Waals surface area contributed by atoms with Gasteiger partial charge < -0.3 is 10.5 Å². The molecule has 5 heteroatoms. The second kappa shape index (κ2) is 6.79. The number of benzene rings is 1. The molecule has 0 amide bonds. The highest BCUT2D eigenvalue weighted by Crippen LogP contribution is 2.27. The van der Waals surface area contributed by atoms with Crippen LogP contribution in [0.2, 0.25) is 0 Å². The topological polar surface area (TPSA) is 38.5 Å². The van der Waals surface area contributed by atoms with Gasteiger partial charge in [-0.1, -0.05) is 13.0 Å². The molecule has 1 heterocycles. The van der Waals surface area contributed by atoms with Gasteiger partial charge in [0.1, 0.15) is 5.82 Å². The summed E-state index contributed by atoms with van der Waals surface area (Å²) in [6.07, 6.45) is 1.01. The minimum absolute atomic E-state index is 0.0523. The smallest absolute Gasteiger partial charge is 0.137 e. The fraction of sp³-hybridized carbons (Fsp3) is 0.571. The van der Waals surface area contributed by atoms with Crippen molar-refractivity contribution in [3.63, 3.8) is 0 Å². The Labute approximate surface area is 122 Å². The van der Waals surface area contributed by atoms with Gasteiger partial charge in [-0.2, -0.15) is 0 Å². The molecular weight excluding hydrogens is 311 g/mol. The number of nitrogens with zero attached hydrogens (tertiary/aromatic N) is 1. The lowest BCUT2D eigenvalue weighted by atomic mass is 10.0. The minimum atomic E-state index is -0.239. The monoisotopic (exact) mass is 330 g/mol. The summed E-state index contributed by atoms with van der Waals surface area (Å²) >= 11 is 3.18. The number of hydrogen-bond donors (Lipinski definition) is 1. The molecule has 2 rings (SSSR count). The highest BCUT2D eigenvalue weighted by atomic mass is 79.9. The van der Waals surface area contributed by atoms with E-state index in [-0.39, 0.29) is 11.9 Å². The van der Waals surface area contributed by atoms with Gasteiger partial charge in [-0.15, -0.1) is 0 Å². The summed E-state index contributed by atoms with van der Waals surface area (Å²) in [5.74, 6) is -0.239. The molecule has 0 radical (unpaired) electrons. The van der Waals surface area contributed by atoms with Gasteiger partial charge in [0.25, 0.3) is 0 Å². The van der Waals surface area contributed by atoms with Crippen LogP contribution in [0.1, 0.15) is 24.9 Å². The van der Waals surface area contributed by atoms with Gasteiger partial charge in [0.05, 0.1) is 17.7 Å². The van der Waals surface area contributed by atoms with Gasteiger partial charge in [0.15, 0.2) is 0 Å². The molecule has 3 nitrogen and oxygen atoms in total. The van der Waals surface area contributed by atoms with Crippen molar-refractivity contribution in [1.82, 2.24) is 4.90 Å². The molecule has 1 aliphatic heterocycles. The van der Waals surface area contributed by atoms with E-state index in [4.69, 9.17) is 10.5 Å². The Balaban J connectivity index is 2.24. The Morgan fingerprint density at radius 1 is 1.58 bits per heavy atom. The predicted octanol–water partition coefficient (Wildman–Crippen LogP) is 2.70. The predicted molar refractivity (Wildman–Crippen MR) is 77.5 cm³/mol. The lowest BCUT2D eigenvalue weighted by molar-refractivity contribution is -0.0291. The van der Waals surface area contributed by atoms with E-state index in [1.54, 1.807) is 12.1 Å². The summed E-state index contributed by atoms with van der Waals surface area (Å²) < 4.78 is 19.7. The molecule has 1 aromatic rings. The van der Waals surface area contributed by atoms with Crippen molar-refractivity contribution < 1.29 is 9.13 Å². The van der Waals surface area contributed by atoms with Crippen LogP contribution in [-0.2, 0) is 4.74 Å². The number of halogens is 2. The molecule has 1 fully saturated rings. The van der Waals surface area contributed by atoms with Crippen LogP contribution in [-0.4, -0.2) is 37.2 Å². The SMILES string of the molecule is CCC1COCCN1C(CN)c1ccc(Br)c(F)c1. The molecule has 0 aromatic heterocycles. The number of rotatable bonds is 4. The summed E-state index contributed by atoms with van der Waals surface area (Å²) in [5.41, 5.74) is 6.86. The molecule has 106 valence electrons. The molecule has 1 aromatic carbocycles. The van der Waals surface area contributed by atoms with Crippen LogP contribution >= 0.6 is 15.9 Å². The molecule has 0 saturated carbocycles. The van der Waals surface area contributed by atoms with Gasteiger partial charge in [0, 0.05) is 25.2 Å². The first kappa shape index (κ1) is 14.9. The summed E-state index contributed by atoms with van der Waals surface area (Å²) in [5, 5.41) is 0. The van der Waals surface area contributed by atoms with Crippen LogP contribution in [0.25, 0.3) is 0 Å². The molecule has 2 atom stereocenters. The summed E-state index contributed by atoms with van der Waals surface area (Å²) in [7, 11) is 0. The molecule has 0 spiro atoms. The first-order valence-corrected chi connectivity index (χ1v) is 7.45. The largest absolute Gasteiger partial charge is 0.378 e. The van der Waals surface area contributed by atoms with E-state index in [2.05, 4.69) is 27.8 Å². The molecule has 2 unspecified atom stereocenters. The number of hydrogen-bond acceptors (Lipinski definition) is 3. The van der Waals surface area contributed by atoms with E-state index < -0.39 is 0 Å². The van der Waals surface area contributed by atoms with Crippen molar-refractivity contribution in [1.29, 1.82) is 0 Å². The average Bonchev–Trinajstić information content (AvgIpc) is 2.44. The summed E-state index contributed by atoms with van der Waals surface area (Å²) in [6, 6.07) is 5.66. The Kier molecular flexibility index (Phi) is 5.33. The van der Waals surface area contributed by atoms with Crippen LogP contribution in [0, 0.1) is 5.82 Å². The second-order valence-electron chi connectivity index (χ2n) is 4.80. The normalized spacial score (nSPS) is 22.4. The third kappa shape index (κ3) is 3.34. The van der Waals surface area contributed by atoms with E-state index in [1.807, 2.05) is 6.07 Å². The molecule has 0 aliphatic carbocycles. The summed E-state index contributed by atoms with van der Waals surface area (Å²) in [6.45, 7) is 4.91. The van der Waals surface area contributed by atoms with E-state index in [9.17, 15) is 4.39 Å². The highest BCUT2D eigenvalue weighted by molar-refractivity contribution is 9.10. The zero-order valence-electron chi connectivity index (χ0n) is 11.1. The van der Waals surface area contributed by atoms with E-state index in [0.717, 1.165) is 25.1 Å².